The molecule has 0 aliphatic carbocycles. The lowest BCUT2D eigenvalue weighted by molar-refractivity contribution is 0.0307. The van der Waals surface area contributed by atoms with Crippen molar-refractivity contribution in [2.24, 2.45) is 0 Å². The molecular formula is C22H13NO2S. The molecule has 2 aliphatic heterocycles. The van der Waals surface area contributed by atoms with Crippen molar-refractivity contribution < 1.29 is 9.53 Å². The zero-order valence-electron chi connectivity index (χ0n) is 13.7. The highest BCUT2D eigenvalue weighted by atomic mass is 32.1. The summed E-state index contributed by atoms with van der Waals surface area (Å²) in [5.41, 5.74) is 2.65. The van der Waals surface area contributed by atoms with Gasteiger partial charge in [-0.15, -0.1) is 11.3 Å². The third-order valence-corrected chi connectivity index (χ3v) is 6.39. The van der Waals surface area contributed by atoms with Crippen LogP contribution in [0.4, 0.5) is 0 Å². The van der Waals surface area contributed by atoms with Gasteiger partial charge in [0.25, 0.3) is 5.91 Å². The standard InChI is InChI=1S/C22H13NO2S/c24-21-15-6-1-3-7-17(15)22(23-21)18-12-16-14-5-2-4-8-19(14)26-20(16)11-13(18)9-10-25-22/h1-12H,(H,23,24). The van der Waals surface area contributed by atoms with Crippen molar-refractivity contribution in [1.29, 1.82) is 0 Å². The van der Waals surface area contributed by atoms with E-state index < -0.39 is 5.72 Å². The Morgan fingerprint density at radius 3 is 2.69 bits per heavy atom. The average Bonchev–Trinajstić information content (AvgIpc) is 3.17. The zero-order valence-corrected chi connectivity index (χ0v) is 14.5. The highest BCUT2D eigenvalue weighted by Gasteiger charge is 2.48. The van der Waals surface area contributed by atoms with Crippen LogP contribution >= 0.6 is 11.3 Å². The van der Waals surface area contributed by atoms with E-state index in [-0.39, 0.29) is 5.91 Å². The number of hydrogen-bond donors (Lipinski definition) is 1. The van der Waals surface area contributed by atoms with E-state index >= 15 is 0 Å². The molecule has 1 N–H and O–H groups in total. The second-order valence-electron chi connectivity index (χ2n) is 6.64. The Hall–Kier alpha value is -3.11. The van der Waals surface area contributed by atoms with Gasteiger partial charge in [0, 0.05) is 36.9 Å². The maximum absolute atomic E-state index is 12.6. The number of fused-ring (bicyclic) bond motifs is 7. The molecule has 1 atom stereocenters. The number of thiophene rings is 1. The molecule has 6 rings (SSSR count). The normalized spacial score (nSPS) is 20.2. The quantitative estimate of drug-likeness (QED) is 0.482. The first-order chi connectivity index (χ1) is 12.8. The fourth-order valence-corrected chi connectivity index (χ4v) is 5.23. The van der Waals surface area contributed by atoms with Crippen LogP contribution in [0.3, 0.4) is 0 Å². The summed E-state index contributed by atoms with van der Waals surface area (Å²) in [7, 11) is 0. The number of amides is 1. The van der Waals surface area contributed by atoms with Gasteiger partial charge in [-0.2, -0.15) is 0 Å². The highest BCUT2D eigenvalue weighted by molar-refractivity contribution is 7.25. The van der Waals surface area contributed by atoms with Gasteiger partial charge in [0.15, 0.2) is 0 Å². The fraction of sp³-hybridized carbons (Fsp3) is 0.0455. The SMILES string of the molecule is O=C1NC2(OC=Cc3cc4sc5ccccc5c4cc32)c2ccccc21. The molecule has 1 amide bonds. The van der Waals surface area contributed by atoms with Crippen LogP contribution < -0.4 is 5.32 Å². The summed E-state index contributed by atoms with van der Waals surface area (Å²) < 4.78 is 8.58. The molecule has 1 unspecified atom stereocenters. The molecule has 1 spiro atoms. The van der Waals surface area contributed by atoms with E-state index in [1.165, 1.54) is 20.2 Å². The molecule has 3 aromatic carbocycles. The number of ether oxygens (including phenoxy) is 1. The monoisotopic (exact) mass is 355 g/mol. The minimum Gasteiger partial charge on any atom is -0.467 e. The molecule has 0 saturated carbocycles. The molecule has 124 valence electrons. The largest absolute Gasteiger partial charge is 0.467 e. The Morgan fingerprint density at radius 1 is 0.885 bits per heavy atom. The summed E-state index contributed by atoms with van der Waals surface area (Å²) in [6.45, 7) is 0. The second-order valence-corrected chi connectivity index (χ2v) is 7.72. The fourth-order valence-electron chi connectivity index (χ4n) is 4.09. The van der Waals surface area contributed by atoms with E-state index in [0.29, 0.717) is 5.56 Å². The molecule has 0 fully saturated rings. The van der Waals surface area contributed by atoms with Crippen molar-refractivity contribution >= 4 is 43.5 Å². The average molecular weight is 355 g/mol. The molecule has 4 heteroatoms. The van der Waals surface area contributed by atoms with Crippen LogP contribution in [0.5, 0.6) is 0 Å². The van der Waals surface area contributed by atoms with E-state index in [1.54, 1.807) is 17.6 Å². The lowest BCUT2D eigenvalue weighted by Crippen LogP contribution is -2.43. The molecule has 2 aliphatic rings. The Labute approximate surface area is 153 Å². The molecule has 0 bridgehead atoms. The van der Waals surface area contributed by atoms with Gasteiger partial charge in [0.2, 0.25) is 5.72 Å². The van der Waals surface area contributed by atoms with Gasteiger partial charge < -0.3 is 10.1 Å². The summed E-state index contributed by atoms with van der Waals surface area (Å²) in [5, 5.41) is 5.52. The van der Waals surface area contributed by atoms with Crippen molar-refractivity contribution in [1.82, 2.24) is 5.32 Å². The predicted molar refractivity (Wildman–Crippen MR) is 104 cm³/mol. The van der Waals surface area contributed by atoms with E-state index in [4.69, 9.17) is 4.74 Å². The van der Waals surface area contributed by atoms with Crippen LogP contribution in [0.1, 0.15) is 27.0 Å². The first-order valence-electron chi connectivity index (χ1n) is 8.48. The summed E-state index contributed by atoms with van der Waals surface area (Å²) in [6, 6.07) is 20.4. The maximum Gasteiger partial charge on any atom is 0.255 e. The molecule has 4 aromatic rings. The van der Waals surface area contributed by atoms with Crippen molar-refractivity contribution in [2.75, 3.05) is 0 Å². The maximum atomic E-state index is 12.6. The van der Waals surface area contributed by atoms with Crippen molar-refractivity contribution in [3.8, 4) is 0 Å². The number of carbonyl (C=O) groups excluding carboxylic acids is 1. The first kappa shape index (κ1) is 14.1. The molecule has 1 aromatic heterocycles. The predicted octanol–water partition coefficient (Wildman–Crippen LogP) is 5.00. The van der Waals surface area contributed by atoms with E-state index in [9.17, 15) is 4.79 Å². The second kappa shape index (κ2) is 4.74. The Bertz CT molecular complexity index is 1270. The number of nitrogens with one attached hydrogen (secondary N) is 1. The molecule has 3 nitrogen and oxygen atoms in total. The van der Waals surface area contributed by atoms with Crippen LogP contribution in [0.2, 0.25) is 0 Å². The van der Waals surface area contributed by atoms with Gasteiger partial charge in [-0.3, -0.25) is 4.79 Å². The van der Waals surface area contributed by atoms with Gasteiger partial charge >= 0.3 is 0 Å². The summed E-state index contributed by atoms with van der Waals surface area (Å²) in [5.74, 6) is -0.0999. The minimum atomic E-state index is -0.949. The van der Waals surface area contributed by atoms with E-state index in [0.717, 1.165) is 16.7 Å². The van der Waals surface area contributed by atoms with Gasteiger partial charge in [-0.05, 0) is 35.9 Å². The van der Waals surface area contributed by atoms with Crippen molar-refractivity contribution in [3.63, 3.8) is 0 Å². The van der Waals surface area contributed by atoms with Crippen LogP contribution in [-0.2, 0) is 10.5 Å². The van der Waals surface area contributed by atoms with E-state index in [1.807, 2.05) is 30.3 Å². The van der Waals surface area contributed by atoms with Crippen molar-refractivity contribution in [3.05, 3.63) is 89.2 Å². The Balaban J connectivity index is 1.71. The van der Waals surface area contributed by atoms with Crippen molar-refractivity contribution in [2.45, 2.75) is 5.72 Å². The highest BCUT2D eigenvalue weighted by Crippen LogP contribution is 2.45. The van der Waals surface area contributed by atoms with Gasteiger partial charge in [-0.25, -0.2) is 0 Å². The third kappa shape index (κ3) is 1.64. The lowest BCUT2D eigenvalue weighted by Gasteiger charge is -2.34. The number of benzene rings is 3. The summed E-state index contributed by atoms with van der Waals surface area (Å²) >= 11 is 1.79. The number of hydrogen-bond acceptors (Lipinski definition) is 3. The zero-order chi connectivity index (χ0) is 17.3. The first-order valence-corrected chi connectivity index (χ1v) is 9.30. The smallest absolute Gasteiger partial charge is 0.255 e. The molecule has 0 saturated heterocycles. The number of rotatable bonds is 0. The third-order valence-electron chi connectivity index (χ3n) is 5.26. The molecule has 26 heavy (non-hydrogen) atoms. The number of carbonyl (C=O) groups is 1. The minimum absolute atomic E-state index is 0.0999. The van der Waals surface area contributed by atoms with Crippen LogP contribution in [0.25, 0.3) is 26.2 Å². The molecule has 3 heterocycles. The van der Waals surface area contributed by atoms with Crippen LogP contribution in [0.15, 0.2) is 66.9 Å². The molecular weight excluding hydrogens is 342 g/mol. The summed E-state index contributed by atoms with van der Waals surface area (Å²) in [4.78, 5) is 12.6. The Morgan fingerprint density at radius 2 is 1.73 bits per heavy atom. The molecule has 0 radical (unpaired) electrons. The lowest BCUT2D eigenvalue weighted by atomic mass is 9.88. The van der Waals surface area contributed by atoms with Crippen LogP contribution in [0, 0.1) is 0 Å². The van der Waals surface area contributed by atoms with E-state index in [2.05, 4.69) is 41.7 Å². The van der Waals surface area contributed by atoms with Gasteiger partial charge in [0.1, 0.15) is 0 Å². The Kier molecular flexibility index (Phi) is 2.57. The van der Waals surface area contributed by atoms with Gasteiger partial charge in [-0.1, -0.05) is 36.4 Å². The van der Waals surface area contributed by atoms with Crippen LogP contribution in [-0.4, -0.2) is 5.91 Å². The summed E-state index contributed by atoms with van der Waals surface area (Å²) in [6.07, 6.45) is 3.65. The topological polar surface area (TPSA) is 38.3 Å². The van der Waals surface area contributed by atoms with Gasteiger partial charge in [0.05, 0.1) is 6.26 Å².